The van der Waals surface area contributed by atoms with Crippen LogP contribution in [-0.2, 0) is 19.4 Å². The molecule has 18 heavy (non-hydrogen) atoms. The first kappa shape index (κ1) is 13.1. The van der Waals surface area contributed by atoms with Gasteiger partial charge in [-0.25, -0.2) is 8.42 Å². The number of allylic oxidation sites excluding steroid dienone is 2. The molecule has 7 heteroatoms. The Kier molecular flexibility index (Phi) is 2.77. The van der Waals surface area contributed by atoms with Gasteiger partial charge in [0.15, 0.2) is 15.3 Å². The van der Waals surface area contributed by atoms with E-state index in [1.165, 1.54) is 0 Å². The van der Waals surface area contributed by atoms with Crippen LogP contribution in [0.1, 0.15) is 26.2 Å². The number of nitrogens with two attached hydrogens (primary N) is 1. The number of amides is 1. The third-order valence-electron chi connectivity index (χ3n) is 4.06. The number of carbonyl (C=O) groups excluding carboxylic acids is 1. The predicted molar refractivity (Wildman–Crippen MR) is 63.1 cm³/mol. The molecule has 1 heterocycles. The highest BCUT2D eigenvalue weighted by Gasteiger charge is 2.59. The Morgan fingerprint density at radius 2 is 2.06 bits per heavy atom. The summed E-state index contributed by atoms with van der Waals surface area (Å²) in [4.78, 5) is 23.2. The minimum atomic E-state index is -3.43. The van der Waals surface area contributed by atoms with Gasteiger partial charge >= 0.3 is 5.97 Å². The van der Waals surface area contributed by atoms with Crippen molar-refractivity contribution in [3.05, 3.63) is 10.5 Å². The summed E-state index contributed by atoms with van der Waals surface area (Å²) in [6.45, 7) is 1.68. The Bertz CT molecular complexity index is 546. The molecule has 0 radical (unpaired) electrons. The minimum absolute atomic E-state index is 0.0766. The molecule has 1 aliphatic carbocycles. The molecule has 6 nitrogen and oxygen atoms in total. The van der Waals surface area contributed by atoms with E-state index in [1.54, 1.807) is 6.92 Å². The number of primary amides is 1. The zero-order valence-electron chi connectivity index (χ0n) is 9.97. The Morgan fingerprint density at radius 1 is 1.44 bits per heavy atom. The van der Waals surface area contributed by atoms with Crippen LogP contribution in [-0.4, -0.2) is 31.2 Å². The SMILES string of the molecule is CC1=C2[C@H](CCS2(=O)=O)[C@](C(N)=O)(C(=O)O)CC1. The van der Waals surface area contributed by atoms with E-state index in [2.05, 4.69) is 0 Å². The Hall–Kier alpha value is -1.37. The van der Waals surface area contributed by atoms with Crippen molar-refractivity contribution in [1.29, 1.82) is 0 Å². The lowest BCUT2D eigenvalue weighted by Gasteiger charge is -2.36. The van der Waals surface area contributed by atoms with Crippen molar-refractivity contribution in [1.82, 2.24) is 0 Å². The van der Waals surface area contributed by atoms with Gasteiger partial charge in [-0.3, -0.25) is 9.59 Å². The summed E-state index contributed by atoms with van der Waals surface area (Å²) in [5.74, 6) is -3.16. The van der Waals surface area contributed by atoms with E-state index in [9.17, 15) is 23.1 Å². The first-order valence-corrected chi connectivity index (χ1v) is 7.34. The van der Waals surface area contributed by atoms with Gasteiger partial charge in [-0.05, 0) is 26.2 Å². The maximum atomic E-state index is 11.9. The molecule has 0 aromatic rings. The van der Waals surface area contributed by atoms with Crippen LogP contribution in [0, 0.1) is 11.3 Å². The molecular formula is C11H15NO5S. The lowest BCUT2D eigenvalue weighted by atomic mass is 9.66. The first-order valence-electron chi connectivity index (χ1n) is 5.69. The van der Waals surface area contributed by atoms with Crippen molar-refractivity contribution in [2.45, 2.75) is 26.2 Å². The zero-order valence-corrected chi connectivity index (χ0v) is 10.8. The number of fused-ring (bicyclic) bond motifs is 1. The standard InChI is InChI=1S/C11H15NO5S/c1-6-2-4-11(9(12)13,10(14)15)7-3-5-18(16,17)8(6)7/h7H,2-5H2,1H3,(H2,12,13)(H,14,15)/t7-,11+/m0/s1. The molecule has 100 valence electrons. The molecule has 0 saturated carbocycles. The number of hydrogen-bond acceptors (Lipinski definition) is 4. The normalized spacial score (nSPS) is 34.2. The van der Waals surface area contributed by atoms with Crippen LogP contribution in [0.3, 0.4) is 0 Å². The van der Waals surface area contributed by atoms with Gasteiger partial charge in [-0.2, -0.15) is 0 Å². The lowest BCUT2D eigenvalue weighted by Crippen LogP contribution is -2.51. The maximum Gasteiger partial charge on any atom is 0.319 e. The smallest absolute Gasteiger partial charge is 0.319 e. The molecule has 1 fully saturated rings. The van der Waals surface area contributed by atoms with Crippen LogP contribution >= 0.6 is 0 Å². The fraction of sp³-hybridized carbons (Fsp3) is 0.636. The van der Waals surface area contributed by atoms with Crippen LogP contribution in [0.15, 0.2) is 10.5 Å². The van der Waals surface area contributed by atoms with E-state index in [0.717, 1.165) is 0 Å². The van der Waals surface area contributed by atoms with Crippen molar-refractivity contribution in [2.75, 3.05) is 5.75 Å². The highest BCUT2D eigenvalue weighted by molar-refractivity contribution is 7.95. The zero-order chi connectivity index (χ0) is 13.7. The minimum Gasteiger partial charge on any atom is -0.480 e. The van der Waals surface area contributed by atoms with E-state index in [-0.39, 0.29) is 29.9 Å². The van der Waals surface area contributed by atoms with Crippen molar-refractivity contribution >= 4 is 21.7 Å². The Labute approximate surface area is 105 Å². The highest BCUT2D eigenvalue weighted by Crippen LogP contribution is 2.51. The maximum absolute atomic E-state index is 11.9. The molecule has 0 aromatic heterocycles. The van der Waals surface area contributed by atoms with Gasteiger partial charge in [0.1, 0.15) is 0 Å². The van der Waals surface area contributed by atoms with Gasteiger partial charge in [-0.1, -0.05) is 5.57 Å². The average molecular weight is 273 g/mol. The highest BCUT2D eigenvalue weighted by atomic mass is 32.2. The van der Waals surface area contributed by atoms with Crippen LogP contribution < -0.4 is 5.73 Å². The van der Waals surface area contributed by atoms with Gasteiger partial charge in [0.25, 0.3) is 0 Å². The van der Waals surface area contributed by atoms with Crippen LogP contribution in [0.5, 0.6) is 0 Å². The van der Waals surface area contributed by atoms with Gasteiger partial charge in [0, 0.05) is 10.8 Å². The van der Waals surface area contributed by atoms with E-state index in [0.29, 0.717) is 5.57 Å². The molecular weight excluding hydrogens is 258 g/mol. The second-order valence-corrected chi connectivity index (χ2v) is 7.02. The largest absolute Gasteiger partial charge is 0.480 e. The number of carboxylic acid groups (broad SMARTS) is 1. The van der Waals surface area contributed by atoms with Crippen LogP contribution in [0.2, 0.25) is 0 Å². The van der Waals surface area contributed by atoms with Crippen LogP contribution in [0.25, 0.3) is 0 Å². The number of sulfone groups is 1. The summed E-state index contributed by atoms with van der Waals surface area (Å²) in [7, 11) is -3.43. The number of aliphatic carboxylic acids is 1. The number of hydrogen-bond donors (Lipinski definition) is 2. The second-order valence-electron chi connectivity index (χ2n) is 4.95. The van der Waals surface area contributed by atoms with Crippen molar-refractivity contribution in [2.24, 2.45) is 17.1 Å². The molecule has 0 bridgehead atoms. The third kappa shape index (κ3) is 1.50. The molecule has 1 aliphatic heterocycles. The molecule has 2 atom stereocenters. The number of carbonyl (C=O) groups is 2. The number of carboxylic acids is 1. The predicted octanol–water partition coefficient (Wildman–Crippen LogP) is 0.0452. The van der Waals surface area contributed by atoms with Crippen molar-refractivity contribution in [3.8, 4) is 0 Å². The van der Waals surface area contributed by atoms with E-state index < -0.39 is 33.0 Å². The Morgan fingerprint density at radius 3 is 2.56 bits per heavy atom. The second kappa shape index (κ2) is 3.81. The molecule has 1 saturated heterocycles. The quantitative estimate of drug-likeness (QED) is 0.690. The molecule has 2 aliphatic rings. The summed E-state index contributed by atoms with van der Waals surface area (Å²) in [6, 6.07) is 0. The molecule has 2 rings (SSSR count). The van der Waals surface area contributed by atoms with Crippen molar-refractivity contribution < 1.29 is 23.1 Å². The van der Waals surface area contributed by atoms with Gasteiger partial charge in [0.2, 0.25) is 5.91 Å². The fourth-order valence-electron chi connectivity index (χ4n) is 3.10. The van der Waals surface area contributed by atoms with Crippen LogP contribution in [0.4, 0.5) is 0 Å². The summed E-state index contributed by atoms with van der Waals surface area (Å²) >= 11 is 0. The topological polar surface area (TPSA) is 115 Å². The molecule has 0 unspecified atom stereocenters. The molecule has 3 N–H and O–H groups in total. The Balaban J connectivity index is 2.66. The van der Waals surface area contributed by atoms with Gasteiger partial charge in [-0.15, -0.1) is 0 Å². The fourth-order valence-corrected chi connectivity index (χ4v) is 5.25. The molecule has 1 amide bonds. The summed E-state index contributed by atoms with van der Waals surface area (Å²) in [6.07, 6.45) is 0.512. The summed E-state index contributed by atoms with van der Waals surface area (Å²) < 4.78 is 23.9. The third-order valence-corrected chi connectivity index (χ3v) is 6.13. The monoisotopic (exact) mass is 273 g/mol. The van der Waals surface area contributed by atoms with Crippen molar-refractivity contribution in [3.63, 3.8) is 0 Å². The van der Waals surface area contributed by atoms with E-state index in [1.807, 2.05) is 0 Å². The molecule has 0 aromatic carbocycles. The lowest BCUT2D eigenvalue weighted by molar-refractivity contribution is -0.158. The molecule has 0 spiro atoms. The number of rotatable bonds is 2. The van der Waals surface area contributed by atoms with Gasteiger partial charge < -0.3 is 10.8 Å². The van der Waals surface area contributed by atoms with Gasteiger partial charge in [0.05, 0.1) is 5.75 Å². The summed E-state index contributed by atoms with van der Waals surface area (Å²) in [5, 5.41) is 9.34. The van der Waals surface area contributed by atoms with E-state index in [4.69, 9.17) is 5.73 Å². The van der Waals surface area contributed by atoms with E-state index >= 15 is 0 Å². The average Bonchev–Trinajstić information content (AvgIpc) is 2.56. The summed E-state index contributed by atoms with van der Waals surface area (Å²) in [5.41, 5.74) is 4.15. The first-order chi connectivity index (χ1) is 8.23.